The number of thiophene rings is 1. The predicted molar refractivity (Wildman–Crippen MR) is 144 cm³/mol. The SMILES string of the molecule is CCc1cc2c(N3CCN(C(=O)c4ccc(-c5ccccc5)cc4)CC3)nc(OCCCO)nc2s1. The fourth-order valence-corrected chi connectivity index (χ4v) is 5.34. The largest absolute Gasteiger partial charge is 0.463 e. The van der Waals surface area contributed by atoms with Gasteiger partial charge in [-0.05, 0) is 35.7 Å². The normalized spacial score (nSPS) is 13.8. The van der Waals surface area contributed by atoms with Gasteiger partial charge < -0.3 is 19.6 Å². The molecule has 0 aliphatic carbocycles. The van der Waals surface area contributed by atoms with E-state index in [4.69, 9.17) is 14.8 Å². The number of aliphatic hydroxyl groups excluding tert-OH is 1. The molecule has 186 valence electrons. The summed E-state index contributed by atoms with van der Waals surface area (Å²) in [4.78, 5) is 28.8. The molecule has 1 aliphatic heterocycles. The molecule has 0 atom stereocenters. The summed E-state index contributed by atoms with van der Waals surface area (Å²) in [5.41, 5.74) is 2.95. The van der Waals surface area contributed by atoms with E-state index in [1.54, 1.807) is 11.3 Å². The number of ether oxygens (including phenoxy) is 1. The number of hydrogen-bond donors (Lipinski definition) is 1. The van der Waals surface area contributed by atoms with Crippen molar-refractivity contribution in [1.82, 2.24) is 14.9 Å². The second kappa shape index (κ2) is 11.1. The van der Waals surface area contributed by atoms with E-state index in [1.807, 2.05) is 47.4 Å². The molecule has 1 aliphatic rings. The monoisotopic (exact) mass is 502 g/mol. The zero-order valence-electron chi connectivity index (χ0n) is 20.4. The number of aromatic nitrogens is 2. The first-order valence-corrected chi connectivity index (χ1v) is 13.2. The maximum Gasteiger partial charge on any atom is 0.319 e. The summed E-state index contributed by atoms with van der Waals surface area (Å²) in [5.74, 6) is 0.910. The lowest BCUT2D eigenvalue weighted by molar-refractivity contribution is 0.0746. The van der Waals surface area contributed by atoms with E-state index >= 15 is 0 Å². The number of aryl methyl sites for hydroxylation is 1. The average Bonchev–Trinajstić information content (AvgIpc) is 3.36. The molecule has 1 saturated heterocycles. The van der Waals surface area contributed by atoms with Crippen LogP contribution in [0.3, 0.4) is 0 Å². The molecule has 0 saturated carbocycles. The molecule has 1 N–H and O–H groups in total. The Labute approximate surface area is 215 Å². The van der Waals surface area contributed by atoms with Crippen LogP contribution in [0.5, 0.6) is 6.01 Å². The second-order valence-electron chi connectivity index (χ2n) is 8.76. The van der Waals surface area contributed by atoms with Crippen LogP contribution in [0.1, 0.15) is 28.6 Å². The Morgan fingerprint density at radius 2 is 1.72 bits per heavy atom. The highest BCUT2D eigenvalue weighted by Crippen LogP contribution is 2.33. The molecule has 4 aromatic rings. The van der Waals surface area contributed by atoms with Crippen LogP contribution in [0.4, 0.5) is 5.82 Å². The molecule has 0 radical (unpaired) electrons. The van der Waals surface area contributed by atoms with Gasteiger partial charge in [0.1, 0.15) is 10.6 Å². The van der Waals surface area contributed by atoms with Crippen molar-refractivity contribution in [3.8, 4) is 17.1 Å². The van der Waals surface area contributed by atoms with Crippen LogP contribution in [0.15, 0.2) is 60.7 Å². The quantitative estimate of drug-likeness (QED) is 0.354. The van der Waals surface area contributed by atoms with E-state index in [0.29, 0.717) is 50.8 Å². The minimum Gasteiger partial charge on any atom is -0.463 e. The maximum absolute atomic E-state index is 13.2. The van der Waals surface area contributed by atoms with Crippen molar-refractivity contribution in [2.45, 2.75) is 19.8 Å². The van der Waals surface area contributed by atoms with Gasteiger partial charge in [0.05, 0.1) is 12.0 Å². The predicted octanol–water partition coefficient (Wildman–Crippen LogP) is 4.64. The molecular formula is C28H30N4O3S. The smallest absolute Gasteiger partial charge is 0.319 e. The fourth-order valence-electron chi connectivity index (χ4n) is 4.38. The zero-order chi connectivity index (χ0) is 24.9. The molecule has 5 rings (SSSR count). The summed E-state index contributed by atoms with van der Waals surface area (Å²) < 4.78 is 5.72. The molecule has 1 fully saturated rings. The number of hydrogen-bond acceptors (Lipinski definition) is 7. The van der Waals surface area contributed by atoms with Crippen molar-refractivity contribution >= 4 is 33.3 Å². The Morgan fingerprint density at radius 3 is 2.42 bits per heavy atom. The number of nitrogens with zero attached hydrogens (tertiary/aromatic N) is 4. The Hall–Kier alpha value is -3.49. The van der Waals surface area contributed by atoms with Crippen molar-refractivity contribution in [3.63, 3.8) is 0 Å². The molecule has 0 bridgehead atoms. The first-order chi connectivity index (χ1) is 17.7. The number of fused-ring (bicyclic) bond motifs is 1. The van der Waals surface area contributed by atoms with E-state index in [-0.39, 0.29) is 12.5 Å². The van der Waals surface area contributed by atoms with Crippen LogP contribution < -0.4 is 9.64 Å². The first-order valence-electron chi connectivity index (χ1n) is 12.4. The molecule has 8 heteroatoms. The standard InChI is InChI=1S/C28H30N4O3S/c1-2-23-19-24-25(29-28(30-26(24)36-23)35-18-6-17-33)31-13-15-32(16-14-31)27(34)22-11-9-21(10-12-22)20-7-4-3-5-8-20/h3-5,7-12,19,33H,2,6,13-18H2,1H3. The third-order valence-corrected chi connectivity index (χ3v) is 7.56. The lowest BCUT2D eigenvalue weighted by Gasteiger charge is -2.35. The van der Waals surface area contributed by atoms with Gasteiger partial charge in [-0.1, -0.05) is 49.4 Å². The van der Waals surface area contributed by atoms with Crippen LogP contribution in [0.25, 0.3) is 21.3 Å². The molecule has 7 nitrogen and oxygen atoms in total. The molecule has 2 aromatic heterocycles. The van der Waals surface area contributed by atoms with Crippen molar-refractivity contribution in [3.05, 3.63) is 71.1 Å². The van der Waals surface area contributed by atoms with E-state index < -0.39 is 0 Å². The van der Waals surface area contributed by atoms with E-state index in [9.17, 15) is 4.79 Å². The third kappa shape index (κ3) is 5.20. The topological polar surface area (TPSA) is 78.8 Å². The van der Waals surface area contributed by atoms with Crippen LogP contribution in [0, 0.1) is 0 Å². The highest BCUT2D eigenvalue weighted by molar-refractivity contribution is 7.18. The van der Waals surface area contributed by atoms with Crippen LogP contribution >= 0.6 is 11.3 Å². The molecular weight excluding hydrogens is 472 g/mol. The molecule has 0 unspecified atom stereocenters. The van der Waals surface area contributed by atoms with Gasteiger partial charge in [0.2, 0.25) is 0 Å². The second-order valence-corrected chi connectivity index (χ2v) is 9.88. The van der Waals surface area contributed by atoms with Crippen molar-refractivity contribution in [2.75, 3.05) is 44.3 Å². The van der Waals surface area contributed by atoms with Gasteiger partial charge in [-0.15, -0.1) is 11.3 Å². The Bertz CT molecular complexity index is 1320. The highest BCUT2D eigenvalue weighted by Gasteiger charge is 2.25. The number of carbonyl (C=O) groups is 1. The Balaban J connectivity index is 1.29. The number of carbonyl (C=O) groups excluding carboxylic acids is 1. The van der Waals surface area contributed by atoms with Gasteiger partial charge in [0.15, 0.2) is 0 Å². The Kier molecular flexibility index (Phi) is 7.44. The number of piperazine rings is 1. The van der Waals surface area contributed by atoms with Gasteiger partial charge in [0, 0.05) is 49.6 Å². The number of benzene rings is 2. The number of aliphatic hydroxyl groups is 1. The van der Waals surface area contributed by atoms with Crippen LogP contribution in [-0.2, 0) is 6.42 Å². The summed E-state index contributed by atoms with van der Waals surface area (Å²) in [6.07, 6.45) is 1.47. The van der Waals surface area contributed by atoms with Gasteiger partial charge in [0.25, 0.3) is 5.91 Å². The summed E-state index contributed by atoms with van der Waals surface area (Å²) >= 11 is 1.66. The van der Waals surface area contributed by atoms with E-state index in [0.717, 1.165) is 33.6 Å². The van der Waals surface area contributed by atoms with Crippen LogP contribution in [0.2, 0.25) is 0 Å². The molecule has 36 heavy (non-hydrogen) atoms. The first kappa shape index (κ1) is 24.2. The fraction of sp³-hybridized carbons (Fsp3) is 0.321. The number of anilines is 1. The summed E-state index contributed by atoms with van der Waals surface area (Å²) in [7, 11) is 0. The van der Waals surface area contributed by atoms with Gasteiger partial charge >= 0.3 is 6.01 Å². The Morgan fingerprint density at radius 1 is 1.00 bits per heavy atom. The summed E-state index contributed by atoms with van der Waals surface area (Å²) in [6.45, 7) is 5.19. The lowest BCUT2D eigenvalue weighted by atomic mass is 10.0. The zero-order valence-corrected chi connectivity index (χ0v) is 21.2. The molecule has 2 aromatic carbocycles. The molecule has 0 spiro atoms. The van der Waals surface area contributed by atoms with Gasteiger partial charge in [-0.25, -0.2) is 0 Å². The molecule has 3 heterocycles. The minimum absolute atomic E-state index is 0.0546. The van der Waals surface area contributed by atoms with Crippen molar-refractivity contribution in [2.24, 2.45) is 0 Å². The van der Waals surface area contributed by atoms with Crippen molar-refractivity contribution < 1.29 is 14.6 Å². The van der Waals surface area contributed by atoms with Gasteiger partial charge in [-0.2, -0.15) is 9.97 Å². The third-order valence-electron chi connectivity index (χ3n) is 6.39. The average molecular weight is 503 g/mol. The molecule has 1 amide bonds. The number of amides is 1. The van der Waals surface area contributed by atoms with Gasteiger partial charge in [-0.3, -0.25) is 4.79 Å². The van der Waals surface area contributed by atoms with Crippen LogP contribution in [-0.4, -0.2) is 65.3 Å². The van der Waals surface area contributed by atoms with Crippen molar-refractivity contribution in [1.29, 1.82) is 0 Å². The minimum atomic E-state index is 0.0546. The highest BCUT2D eigenvalue weighted by atomic mass is 32.1. The van der Waals surface area contributed by atoms with E-state index in [2.05, 4.69) is 35.0 Å². The summed E-state index contributed by atoms with van der Waals surface area (Å²) in [5, 5.41) is 10.1. The summed E-state index contributed by atoms with van der Waals surface area (Å²) in [6, 6.07) is 20.5. The number of rotatable bonds is 8. The lowest BCUT2D eigenvalue weighted by Crippen LogP contribution is -2.49. The maximum atomic E-state index is 13.2. The van der Waals surface area contributed by atoms with E-state index in [1.165, 1.54) is 4.88 Å².